The second-order valence-corrected chi connectivity index (χ2v) is 3.47. The summed E-state index contributed by atoms with van der Waals surface area (Å²) < 4.78 is 33.8. The number of hydrogen-bond acceptors (Lipinski definition) is 3. The summed E-state index contributed by atoms with van der Waals surface area (Å²) in [4.78, 5) is 10.7. The normalized spacial score (nSPS) is 12.3. The molecule has 1 aromatic carbocycles. The highest BCUT2D eigenvalue weighted by Crippen LogP contribution is 2.27. The third kappa shape index (κ3) is 4.01. The van der Waals surface area contributed by atoms with Crippen LogP contribution in [0.4, 0.5) is 8.78 Å². The summed E-state index contributed by atoms with van der Waals surface area (Å²) in [5, 5.41) is 0. The van der Waals surface area contributed by atoms with E-state index in [1.165, 1.54) is 12.1 Å². The minimum absolute atomic E-state index is 0.00495. The van der Waals surface area contributed by atoms with Crippen molar-refractivity contribution in [1.82, 2.24) is 0 Å². The van der Waals surface area contributed by atoms with E-state index in [0.29, 0.717) is 17.9 Å². The van der Waals surface area contributed by atoms with Crippen molar-refractivity contribution in [3.8, 4) is 11.5 Å². The molecule has 1 atom stereocenters. The standard InChI is InChI=1S/C12H14F2O3/c1-3-16-10-4-9(8(2)7-15)5-11(6-10)17-12(13)14/h4-8,12H,3H2,1-2H3. The summed E-state index contributed by atoms with van der Waals surface area (Å²) in [7, 11) is 0. The zero-order valence-corrected chi connectivity index (χ0v) is 9.65. The maximum absolute atomic E-state index is 12.1. The molecule has 5 heteroatoms. The number of carbonyl (C=O) groups excluding carboxylic acids is 1. The van der Waals surface area contributed by atoms with Gasteiger partial charge in [0.05, 0.1) is 6.61 Å². The predicted molar refractivity (Wildman–Crippen MR) is 58.7 cm³/mol. The number of alkyl halides is 2. The zero-order valence-electron chi connectivity index (χ0n) is 9.65. The van der Waals surface area contributed by atoms with E-state index in [2.05, 4.69) is 4.74 Å². The third-order valence-electron chi connectivity index (χ3n) is 2.17. The molecule has 17 heavy (non-hydrogen) atoms. The predicted octanol–water partition coefficient (Wildman–Crippen LogP) is 2.99. The van der Waals surface area contributed by atoms with E-state index in [4.69, 9.17) is 4.74 Å². The molecule has 1 unspecified atom stereocenters. The molecule has 0 aliphatic heterocycles. The first kappa shape index (κ1) is 13.4. The van der Waals surface area contributed by atoms with E-state index in [1.807, 2.05) is 0 Å². The van der Waals surface area contributed by atoms with Gasteiger partial charge in [-0.3, -0.25) is 0 Å². The summed E-state index contributed by atoms with van der Waals surface area (Å²) in [5.41, 5.74) is 0.585. The largest absolute Gasteiger partial charge is 0.494 e. The maximum atomic E-state index is 12.1. The summed E-state index contributed by atoms with van der Waals surface area (Å²) in [5.74, 6) is 0.0134. The van der Waals surface area contributed by atoms with Crippen molar-refractivity contribution in [3.05, 3.63) is 23.8 Å². The second-order valence-electron chi connectivity index (χ2n) is 3.47. The molecule has 0 amide bonds. The van der Waals surface area contributed by atoms with Gasteiger partial charge in [-0.1, -0.05) is 6.92 Å². The van der Waals surface area contributed by atoms with Crippen LogP contribution in [-0.4, -0.2) is 19.5 Å². The van der Waals surface area contributed by atoms with Crippen LogP contribution in [0.3, 0.4) is 0 Å². The highest BCUT2D eigenvalue weighted by Gasteiger charge is 2.11. The van der Waals surface area contributed by atoms with Gasteiger partial charge in [0.25, 0.3) is 0 Å². The van der Waals surface area contributed by atoms with Crippen LogP contribution in [0.5, 0.6) is 11.5 Å². The number of ether oxygens (including phenoxy) is 2. The Morgan fingerprint density at radius 2 is 1.94 bits per heavy atom. The van der Waals surface area contributed by atoms with Crippen LogP contribution in [0.1, 0.15) is 25.3 Å². The molecule has 3 nitrogen and oxygen atoms in total. The van der Waals surface area contributed by atoms with Crippen molar-refractivity contribution in [2.45, 2.75) is 26.4 Å². The van der Waals surface area contributed by atoms with Gasteiger partial charge in [0.2, 0.25) is 0 Å². The number of benzene rings is 1. The number of rotatable bonds is 6. The molecule has 0 aliphatic rings. The van der Waals surface area contributed by atoms with Gasteiger partial charge in [0, 0.05) is 12.0 Å². The van der Waals surface area contributed by atoms with Crippen molar-refractivity contribution in [1.29, 1.82) is 0 Å². The summed E-state index contributed by atoms with van der Waals surface area (Å²) in [6.07, 6.45) is 0.733. The van der Waals surface area contributed by atoms with E-state index in [0.717, 1.165) is 6.29 Å². The molecule has 0 heterocycles. The molecule has 1 rings (SSSR count). The van der Waals surface area contributed by atoms with Gasteiger partial charge in [0.15, 0.2) is 0 Å². The fraction of sp³-hybridized carbons (Fsp3) is 0.417. The molecule has 94 valence electrons. The monoisotopic (exact) mass is 244 g/mol. The highest BCUT2D eigenvalue weighted by atomic mass is 19.3. The van der Waals surface area contributed by atoms with Gasteiger partial charge in [-0.15, -0.1) is 0 Å². The lowest BCUT2D eigenvalue weighted by molar-refractivity contribution is -0.108. The quantitative estimate of drug-likeness (QED) is 0.721. The van der Waals surface area contributed by atoms with Crippen molar-refractivity contribution in [3.63, 3.8) is 0 Å². The first-order valence-corrected chi connectivity index (χ1v) is 5.24. The van der Waals surface area contributed by atoms with Gasteiger partial charge in [-0.2, -0.15) is 8.78 Å². The van der Waals surface area contributed by atoms with Crippen LogP contribution < -0.4 is 9.47 Å². The number of hydrogen-bond donors (Lipinski definition) is 0. The average Bonchev–Trinajstić information content (AvgIpc) is 2.27. The molecule has 0 spiro atoms. The third-order valence-corrected chi connectivity index (χ3v) is 2.17. The summed E-state index contributed by atoms with van der Waals surface area (Å²) in [6.45, 7) is 0.965. The Bertz CT molecular complexity index is 380. The lowest BCUT2D eigenvalue weighted by Gasteiger charge is -2.12. The van der Waals surface area contributed by atoms with Crippen molar-refractivity contribution < 1.29 is 23.0 Å². The van der Waals surface area contributed by atoms with Crippen molar-refractivity contribution >= 4 is 6.29 Å². The second kappa shape index (κ2) is 6.18. The Balaban J connectivity index is 3.04. The summed E-state index contributed by atoms with van der Waals surface area (Å²) >= 11 is 0. The van der Waals surface area contributed by atoms with Gasteiger partial charge < -0.3 is 14.3 Å². The van der Waals surface area contributed by atoms with E-state index in [-0.39, 0.29) is 5.75 Å². The maximum Gasteiger partial charge on any atom is 0.387 e. The SMILES string of the molecule is CCOc1cc(OC(F)F)cc(C(C)C=O)c1. The van der Waals surface area contributed by atoms with Crippen LogP contribution in [0.2, 0.25) is 0 Å². The molecule has 0 aliphatic carbocycles. The van der Waals surface area contributed by atoms with Gasteiger partial charge in [-0.25, -0.2) is 0 Å². The average molecular weight is 244 g/mol. The molecule has 0 radical (unpaired) electrons. The highest BCUT2D eigenvalue weighted by molar-refractivity contribution is 5.62. The zero-order chi connectivity index (χ0) is 12.8. The molecule has 0 N–H and O–H groups in total. The van der Waals surface area contributed by atoms with Gasteiger partial charge >= 0.3 is 6.61 Å². The lowest BCUT2D eigenvalue weighted by atomic mass is 10.0. The Kier molecular flexibility index (Phi) is 4.87. The van der Waals surface area contributed by atoms with Crippen LogP contribution in [0.15, 0.2) is 18.2 Å². The minimum Gasteiger partial charge on any atom is -0.494 e. The lowest BCUT2D eigenvalue weighted by Crippen LogP contribution is -2.04. The van der Waals surface area contributed by atoms with E-state index in [9.17, 15) is 13.6 Å². The first-order valence-electron chi connectivity index (χ1n) is 5.24. The number of halogens is 2. The topological polar surface area (TPSA) is 35.5 Å². The smallest absolute Gasteiger partial charge is 0.387 e. The van der Waals surface area contributed by atoms with Crippen molar-refractivity contribution in [2.24, 2.45) is 0 Å². The van der Waals surface area contributed by atoms with Crippen LogP contribution in [0.25, 0.3) is 0 Å². The molecule has 0 bridgehead atoms. The Morgan fingerprint density at radius 3 is 2.47 bits per heavy atom. The van der Waals surface area contributed by atoms with Crippen LogP contribution in [0, 0.1) is 0 Å². The van der Waals surface area contributed by atoms with Gasteiger partial charge in [0.1, 0.15) is 17.8 Å². The number of carbonyl (C=O) groups is 1. The van der Waals surface area contributed by atoms with Crippen molar-refractivity contribution in [2.75, 3.05) is 6.61 Å². The molecular formula is C12H14F2O3. The van der Waals surface area contributed by atoms with Crippen LogP contribution in [-0.2, 0) is 4.79 Å². The fourth-order valence-corrected chi connectivity index (χ4v) is 1.36. The Morgan fingerprint density at radius 1 is 1.29 bits per heavy atom. The van der Waals surface area contributed by atoms with E-state index < -0.39 is 12.5 Å². The molecule has 0 fully saturated rings. The Hall–Kier alpha value is -1.65. The molecule has 0 saturated heterocycles. The minimum atomic E-state index is -2.90. The molecule has 1 aromatic rings. The fourth-order valence-electron chi connectivity index (χ4n) is 1.36. The number of aldehydes is 1. The summed E-state index contributed by atoms with van der Waals surface area (Å²) in [6, 6.07) is 4.42. The molecule has 0 saturated carbocycles. The molecule has 0 aromatic heterocycles. The van der Waals surface area contributed by atoms with Crippen LogP contribution >= 0.6 is 0 Å². The van der Waals surface area contributed by atoms with E-state index in [1.54, 1.807) is 19.9 Å². The van der Waals surface area contributed by atoms with Gasteiger partial charge in [-0.05, 0) is 24.6 Å². The van der Waals surface area contributed by atoms with E-state index >= 15 is 0 Å². The first-order chi connectivity index (χ1) is 8.06. The Labute approximate surface area is 98.3 Å². The molecular weight excluding hydrogens is 230 g/mol.